The smallest absolute Gasteiger partial charge is 0.373 e. The Morgan fingerprint density at radius 1 is 1.25 bits per heavy atom. The van der Waals surface area contributed by atoms with Gasteiger partial charge in [-0.15, -0.1) is 0 Å². The molecule has 1 heterocycles. The van der Waals surface area contributed by atoms with Gasteiger partial charge >= 0.3 is 12.1 Å². The number of aromatic carboxylic acids is 1. The zero-order valence-corrected chi connectivity index (χ0v) is 12.6. The number of carboxylic acid groups (broad SMARTS) is 1. The standard InChI is InChI=1S/C13H16N6O2.CO2/c14-6-2-5-10-17-12(15)19-13(18-10)16-9-4-1-3-8(7-9)11(20)21;2-1-3/h1,3-4,7H,2,5-6,14H2,(H,20,21)(H3,15,16,17,18,19);. The molecule has 1 aromatic heterocycles. The lowest BCUT2D eigenvalue weighted by Crippen LogP contribution is -2.09. The summed E-state index contributed by atoms with van der Waals surface area (Å²) in [7, 11) is 0. The van der Waals surface area contributed by atoms with Crippen LogP contribution in [0.2, 0.25) is 0 Å². The Balaban J connectivity index is 0.000000891. The van der Waals surface area contributed by atoms with Crippen molar-refractivity contribution in [2.45, 2.75) is 12.8 Å². The van der Waals surface area contributed by atoms with Gasteiger partial charge in [0.05, 0.1) is 5.56 Å². The SMILES string of the molecule is NCCCc1nc(N)nc(Nc2cccc(C(=O)O)c2)n1.O=C=O. The molecule has 0 unspecified atom stereocenters. The highest BCUT2D eigenvalue weighted by molar-refractivity contribution is 5.88. The first-order valence-corrected chi connectivity index (χ1v) is 6.80. The van der Waals surface area contributed by atoms with Crippen LogP contribution < -0.4 is 16.8 Å². The van der Waals surface area contributed by atoms with Crippen LogP contribution in [0.4, 0.5) is 17.6 Å². The van der Waals surface area contributed by atoms with Gasteiger partial charge in [0.2, 0.25) is 11.9 Å². The van der Waals surface area contributed by atoms with Crippen molar-refractivity contribution < 1.29 is 19.5 Å². The van der Waals surface area contributed by atoms with Crippen LogP contribution in [0.15, 0.2) is 24.3 Å². The number of hydrogen-bond donors (Lipinski definition) is 4. The van der Waals surface area contributed by atoms with E-state index in [1.165, 1.54) is 12.1 Å². The molecule has 0 aliphatic heterocycles. The number of carboxylic acids is 1. The van der Waals surface area contributed by atoms with Crippen LogP contribution in [-0.2, 0) is 16.0 Å². The number of carbonyl (C=O) groups is 1. The lowest BCUT2D eigenvalue weighted by molar-refractivity contribution is -0.191. The summed E-state index contributed by atoms with van der Waals surface area (Å²) in [5, 5.41) is 11.9. The fourth-order valence-electron chi connectivity index (χ4n) is 1.72. The van der Waals surface area contributed by atoms with E-state index in [9.17, 15) is 4.79 Å². The highest BCUT2D eigenvalue weighted by Crippen LogP contribution is 2.15. The van der Waals surface area contributed by atoms with E-state index < -0.39 is 5.97 Å². The number of aryl methyl sites for hydroxylation is 1. The molecule has 2 rings (SSSR count). The van der Waals surface area contributed by atoms with Gasteiger partial charge in [0.15, 0.2) is 0 Å². The third-order valence-electron chi connectivity index (χ3n) is 2.67. The van der Waals surface area contributed by atoms with Crippen molar-refractivity contribution in [2.75, 3.05) is 17.6 Å². The van der Waals surface area contributed by atoms with Crippen molar-refractivity contribution in [3.05, 3.63) is 35.7 Å². The van der Waals surface area contributed by atoms with Crippen molar-refractivity contribution in [2.24, 2.45) is 5.73 Å². The molecule has 6 N–H and O–H groups in total. The summed E-state index contributed by atoms with van der Waals surface area (Å²) in [6.07, 6.45) is 1.60. The summed E-state index contributed by atoms with van der Waals surface area (Å²) < 4.78 is 0. The molecule has 126 valence electrons. The first kappa shape index (κ1) is 18.7. The zero-order chi connectivity index (χ0) is 17.9. The number of nitrogens with zero attached hydrogens (tertiary/aromatic N) is 3. The predicted molar refractivity (Wildman–Crippen MR) is 83.3 cm³/mol. The van der Waals surface area contributed by atoms with Gasteiger partial charge in [-0.1, -0.05) is 6.07 Å². The minimum Gasteiger partial charge on any atom is -0.478 e. The number of aromatic nitrogens is 3. The summed E-state index contributed by atoms with van der Waals surface area (Å²) in [5.41, 5.74) is 11.8. The van der Waals surface area contributed by atoms with E-state index in [2.05, 4.69) is 20.3 Å². The van der Waals surface area contributed by atoms with Crippen molar-refractivity contribution in [1.29, 1.82) is 0 Å². The van der Waals surface area contributed by atoms with Crippen LogP contribution in [0.3, 0.4) is 0 Å². The number of carbonyl (C=O) groups excluding carboxylic acids is 2. The van der Waals surface area contributed by atoms with Crippen molar-refractivity contribution in [3.8, 4) is 0 Å². The largest absolute Gasteiger partial charge is 0.478 e. The van der Waals surface area contributed by atoms with Gasteiger partial charge in [-0.05, 0) is 31.2 Å². The Morgan fingerprint density at radius 2 is 1.96 bits per heavy atom. The first-order chi connectivity index (χ1) is 11.5. The summed E-state index contributed by atoms with van der Waals surface area (Å²) in [6.45, 7) is 0.537. The zero-order valence-electron chi connectivity index (χ0n) is 12.6. The number of hydrogen-bond acceptors (Lipinski definition) is 9. The molecule has 0 radical (unpaired) electrons. The second kappa shape index (κ2) is 9.62. The van der Waals surface area contributed by atoms with Crippen LogP contribution in [0, 0.1) is 0 Å². The minimum atomic E-state index is -1.00. The Bertz CT molecular complexity index is 731. The lowest BCUT2D eigenvalue weighted by Gasteiger charge is -2.07. The molecule has 0 bridgehead atoms. The van der Waals surface area contributed by atoms with E-state index in [0.717, 1.165) is 6.42 Å². The van der Waals surface area contributed by atoms with Gasteiger partial charge in [0.1, 0.15) is 5.82 Å². The summed E-state index contributed by atoms with van der Waals surface area (Å²) >= 11 is 0. The number of anilines is 3. The molecule has 10 nitrogen and oxygen atoms in total. The Hall–Kier alpha value is -3.36. The molecular weight excluding hydrogens is 316 g/mol. The number of nitrogen functional groups attached to an aromatic ring is 1. The molecule has 2 aromatic rings. The third kappa shape index (κ3) is 6.18. The van der Waals surface area contributed by atoms with Gasteiger partial charge in [-0.2, -0.15) is 24.5 Å². The molecule has 10 heteroatoms. The lowest BCUT2D eigenvalue weighted by atomic mass is 10.2. The highest BCUT2D eigenvalue weighted by Gasteiger charge is 2.07. The maximum atomic E-state index is 10.9. The molecule has 0 saturated heterocycles. The predicted octanol–water partition coefficient (Wildman–Crippen LogP) is 0.203. The Kier molecular flexibility index (Phi) is 7.49. The van der Waals surface area contributed by atoms with Crippen LogP contribution in [-0.4, -0.2) is 38.7 Å². The Morgan fingerprint density at radius 3 is 2.58 bits per heavy atom. The van der Waals surface area contributed by atoms with Crippen LogP contribution in [0.25, 0.3) is 0 Å². The number of nitrogens with two attached hydrogens (primary N) is 2. The molecule has 1 aromatic carbocycles. The molecule has 0 amide bonds. The third-order valence-corrected chi connectivity index (χ3v) is 2.67. The molecule has 0 fully saturated rings. The summed E-state index contributed by atoms with van der Waals surface area (Å²) in [5.74, 6) is -0.0757. The topological polar surface area (TPSA) is 174 Å². The van der Waals surface area contributed by atoms with E-state index in [0.29, 0.717) is 24.5 Å². The monoisotopic (exact) mass is 332 g/mol. The van der Waals surface area contributed by atoms with Crippen molar-refractivity contribution in [3.63, 3.8) is 0 Å². The van der Waals surface area contributed by atoms with Gasteiger partial charge in [0, 0.05) is 12.1 Å². The molecule has 0 atom stereocenters. The van der Waals surface area contributed by atoms with E-state index in [1.807, 2.05) is 0 Å². The van der Waals surface area contributed by atoms with Crippen LogP contribution in [0.5, 0.6) is 0 Å². The first-order valence-electron chi connectivity index (χ1n) is 6.80. The number of benzene rings is 1. The highest BCUT2D eigenvalue weighted by atomic mass is 16.4. The molecule has 0 aliphatic rings. The van der Waals surface area contributed by atoms with E-state index in [1.54, 1.807) is 12.1 Å². The number of nitrogens with one attached hydrogen (secondary N) is 1. The average molecular weight is 332 g/mol. The fraction of sp³-hybridized carbons (Fsp3) is 0.214. The van der Waals surface area contributed by atoms with Crippen molar-refractivity contribution in [1.82, 2.24) is 15.0 Å². The molecule has 0 saturated carbocycles. The van der Waals surface area contributed by atoms with Gasteiger partial charge < -0.3 is 21.9 Å². The fourth-order valence-corrected chi connectivity index (χ4v) is 1.72. The molecular formula is C14H16N6O4. The van der Waals surface area contributed by atoms with E-state index >= 15 is 0 Å². The second-order valence-electron chi connectivity index (χ2n) is 4.42. The van der Waals surface area contributed by atoms with Crippen molar-refractivity contribution >= 4 is 29.7 Å². The molecule has 24 heavy (non-hydrogen) atoms. The maximum Gasteiger partial charge on any atom is 0.373 e. The average Bonchev–Trinajstić information content (AvgIpc) is 2.53. The van der Waals surface area contributed by atoms with Crippen LogP contribution in [0.1, 0.15) is 22.6 Å². The number of rotatable bonds is 6. The van der Waals surface area contributed by atoms with Gasteiger partial charge in [-0.3, -0.25) is 0 Å². The molecule has 0 aliphatic carbocycles. The maximum absolute atomic E-state index is 10.9. The van der Waals surface area contributed by atoms with Crippen LogP contribution >= 0.6 is 0 Å². The van der Waals surface area contributed by atoms with Gasteiger partial charge in [0.25, 0.3) is 0 Å². The normalized spacial score (nSPS) is 9.38. The second-order valence-corrected chi connectivity index (χ2v) is 4.42. The summed E-state index contributed by atoms with van der Waals surface area (Å²) in [4.78, 5) is 39.4. The summed E-state index contributed by atoms with van der Waals surface area (Å²) in [6, 6.07) is 6.33. The van der Waals surface area contributed by atoms with Gasteiger partial charge in [-0.25, -0.2) is 4.79 Å². The quantitative estimate of drug-likeness (QED) is 0.572. The minimum absolute atomic E-state index is 0.105. The molecule has 0 spiro atoms. The Labute approximate surface area is 136 Å². The van der Waals surface area contributed by atoms with E-state index in [4.69, 9.17) is 26.2 Å². The van der Waals surface area contributed by atoms with E-state index in [-0.39, 0.29) is 23.6 Å².